The Morgan fingerprint density at radius 1 is 1.50 bits per heavy atom. The Hall–Kier alpha value is -1.08. The van der Waals surface area contributed by atoms with Crippen LogP contribution in [0, 0.1) is 0 Å². The van der Waals surface area contributed by atoms with Gasteiger partial charge in [0.25, 0.3) is 5.56 Å². The molecule has 0 amide bonds. The summed E-state index contributed by atoms with van der Waals surface area (Å²) in [7, 11) is 0. The van der Waals surface area contributed by atoms with Crippen molar-refractivity contribution in [2.24, 2.45) is 0 Å². The summed E-state index contributed by atoms with van der Waals surface area (Å²) >= 11 is 8.61. The molecule has 2 aromatic rings. The molecule has 0 bridgehead atoms. The highest BCUT2D eigenvalue weighted by Crippen LogP contribution is 2.20. The van der Waals surface area contributed by atoms with E-state index in [4.69, 9.17) is 4.42 Å². The summed E-state index contributed by atoms with van der Waals surface area (Å²) in [5.41, 5.74) is -0.597. The molecule has 0 aliphatic heterocycles. The average molecular weight is 286 g/mol. The molecule has 2 heterocycles. The molecule has 0 radical (unpaired) electrons. The van der Waals surface area contributed by atoms with Gasteiger partial charge in [0.15, 0.2) is 0 Å². The molecule has 0 saturated heterocycles. The Balaban J connectivity index is 2.39. The molecule has 0 fully saturated rings. The third kappa shape index (κ3) is 2.51. The zero-order valence-electron chi connectivity index (χ0n) is 9.84. The normalized spacial score (nSPS) is 14.8. The smallest absolute Gasteiger partial charge is 0.331 e. The van der Waals surface area contributed by atoms with E-state index in [0.29, 0.717) is 24.1 Å². The van der Waals surface area contributed by atoms with Crippen molar-refractivity contribution in [3.63, 3.8) is 0 Å². The van der Waals surface area contributed by atoms with Crippen LogP contribution in [0.2, 0.25) is 0 Å². The van der Waals surface area contributed by atoms with E-state index >= 15 is 0 Å². The molecule has 2 rings (SSSR count). The van der Waals surface area contributed by atoms with Gasteiger partial charge < -0.3 is 4.42 Å². The zero-order chi connectivity index (χ0) is 13.3. The molecule has 0 saturated carbocycles. The number of aromatic nitrogens is 2. The first kappa shape index (κ1) is 13.4. The largest absolute Gasteiger partial charge is 0.448 e. The Bertz CT molecular complexity index is 669. The maximum atomic E-state index is 12.1. The Morgan fingerprint density at radius 2 is 2.22 bits per heavy atom. The van der Waals surface area contributed by atoms with Crippen LogP contribution in [0.1, 0.15) is 13.3 Å². The zero-order valence-corrected chi connectivity index (χ0v) is 11.6. The van der Waals surface area contributed by atoms with E-state index in [-0.39, 0.29) is 16.0 Å². The molecule has 0 spiro atoms. The minimum atomic E-state index is -0.467. The van der Waals surface area contributed by atoms with Gasteiger partial charge in [-0.05, 0) is 19.4 Å². The fourth-order valence-corrected chi connectivity index (χ4v) is 1.87. The fourth-order valence-electron chi connectivity index (χ4n) is 1.61. The lowest BCUT2D eigenvalue weighted by molar-refractivity contribution is 0.529. The molecule has 1 unspecified atom stereocenters. The Morgan fingerprint density at radius 3 is 2.89 bits per heavy atom. The van der Waals surface area contributed by atoms with E-state index < -0.39 is 5.69 Å². The molecule has 5 nitrogen and oxygen atoms in total. The van der Waals surface area contributed by atoms with Gasteiger partial charge in [0.1, 0.15) is 5.39 Å². The van der Waals surface area contributed by atoms with Crippen molar-refractivity contribution < 1.29 is 4.42 Å². The number of fused-ring (bicyclic) bond motifs is 1. The highest BCUT2D eigenvalue weighted by atomic mass is 32.1. The molecule has 1 atom stereocenters. The number of thiol groups is 2. The lowest BCUT2D eigenvalue weighted by atomic mass is 10.1. The molecule has 18 heavy (non-hydrogen) atoms. The maximum absolute atomic E-state index is 12.1. The molecule has 0 aromatic carbocycles. The van der Waals surface area contributed by atoms with E-state index in [1.54, 1.807) is 6.07 Å². The first-order valence-electron chi connectivity index (χ1n) is 5.48. The van der Waals surface area contributed by atoms with E-state index in [1.165, 1.54) is 6.26 Å². The van der Waals surface area contributed by atoms with Gasteiger partial charge in [-0.15, -0.1) is 0 Å². The van der Waals surface area contributed by atoms with E-state index in [0.717, 1.165) is 4.57 Å². The van der Waals surface area contributed by atoms with Crippen LogP contribution in [0.15, 0.2) is 26.3 Å². The van der Waals surface area contributed by atoms with Crippen molar-refractivity contribution >= 4 is 36.4 Å². The van der Waals surface area contributed by atoms with Gasteiger partial charge in [-0.1, -0.05) is 0 Å². The van der Waals surface area contributed by atoms with Crippen LogP contribution in [0.4, 0.5) is 0 Å². The Kier molecular flexibility index (Phi) is 3.63. The van der Waals surface area contributed by atoms with Crippen LogP contribution in [0.25, 0.3) is 11.1 Å². The molecular formula is C11H14N2O3S2. The van der Waals surface area contributed by atoms with Gasteiger partial charge >= 0.3 is 5.69 Å². The molecule has 0 aliphatic rings. The summed E-state index contributed by atoms with van der Waals surface area (Å²) in [5.74, 6) is 0.566. The summed E-state index contributed by atoms with van der Waals surface area (Å²) in [4.78, 5) is 26.3. The second-order valence-corrected chi connectivity index (χ2v) is 5.85. The lowest BCUT2D eigenvalue weighted by Crippen LogP contribution is -2.36. The summed E-state index contributed by atoms with van der Waals surface area (Å²) in [6.07, 6.45) is 1.95. The topological polar surface area (TPSA) is 68.0 Å². The lowest BCUT2D eigenvalue weighted by Gasteiger charge is -2.20. The number of H-pyrrole nitrogens is 1. The molecule has 2 aromatic heterocycles. The number of aromatic amines is 1. The predicted molar refractivity (Wildman–Crippen MR) is 77.0 cm³/mol. The second kappa shape index (κ2) is 4.89. The number of hydrogen-bond donors (Lipinski definition) is 3. The van der Waals surface area contributed by atoms with Gasteiger partial charge in [0, 0.05) is 17.0 Å². The monoisotopic (exact) mass is 286 g/mol. The summed E-state index contributed by atoms with van der Waals surface area (Å²) in [6.45, 7) is 2.22. The van der Waals surface area contributed by atoms with Gasteiger partial charge in [0.05, 0.1) is 6.26 Å². The first-order valence-corrected chi connectivity index (χ1v) is 6.56. The average Bonchev–Trinajstić information content (AvgIpc) is 2.77. The fraction of sp³-hybridized carbons (Fsp3) is 0.455. The van der Waals surface area contributed by atoms with Crippen LogP contribution in [0.3, 0.4) is 0 Å². The highest BCUT2D eigenvalue weighted by Gasteiger charge is 2.18. The molecule has 1 N–H and O–H groups in total. The third-order valence-corrected chi connectivity index (χ3v) is 4.15. The van der Waals surface area contributed by atoms with Crippen molar-refractivity contribution in [2.75, 3.05) is 5.75 Å². The van der Waals surface area contributed by atoms with Crippen molar-refractivity contribution in [1.82, 2.24) is 9.55 Å². The van der Waals surface area contributed by atoms with Crippen molar-refractivity contribution in [1.29, 1.82) is 0 Å². The molecular weight excluding hydrogens is 272 g/mol. The number of rotatable bonds is 4. The second-order valence-electron chi connectivity index (χ2n) is 4.46. The molecule has 0 aliphatic carbocycles. The number of nitrogens with zero attached hydrogens (tertiary/aromatic N) is 1. The van der Waals surface area contributed by atoms with Gasteiger partial charge in [-0.25, -0.2) is 4.79 Å². The summed E-state index contributed by atoms with van der Waals surface area (Å²) in [5, 5.41) is 0.376. The predicted octanol–water partition coefficient (Wildman–Crippen LogP) is 1.29. The van der Waals surface area contributed by atoms with Gasteiger partial charge in [0.2, 0.25) is 5.71 Å². The van der Waals surface area contributed by atoms with E-state index in [1.807, 2.05) is 6.92 Å². The van der Waals surface area contributed by atoms with Crippen molar-refractivity contribution in [3.8, 4) is 0 Å². The summed E-state index contributed by atoms with van der Waals surface area (Å²) in [6, 6.07) is 1.54. The Labute approximate surface area is 114 Å². The van der Waals surface area contributed by atoms with Crippen LogP contribution in [0.5, 0.6) is 0 Å². The van der Waals surface area contributed by atoms with E-state index in [2.05, 4.69) is 30.2 Å². The van der Waals surface area contributed by atoms with Gasteiger partial charge in [-0.3, -0.25) is 14.3 Å². The highest BCUT2D eigenvalue weighted by molar-refractivity contribution is 7.85. The minimum absolute atomic E-state index is 0.212. The molecule has 98 valence electrons. The SMILES string of the molecule is CC(S)(CS)CCn1c(=O)[nH]c2occc2c1=O. The maximum Gasteiger partial charge on any atom is 0.331 e. The molecule has 7 heteroatoms. The summed E-state index contributed by atoms with van der Waals surface area (Å²) < 4.78 is 5.85. The van der Waals surface area contributed by atoms with Crippen LogP contribution >= 0.6 is 25.3 Å². The van der Waals surface area contributed by atoms with Crippen LogP contribution < -0.4 is 11.2 Å². The van der Waals surface area contributed by atoms with Gasteiger partial charge in [-0.2, -0.15) is 25.3 Å². The number of hydrogen-bond acceptors (Lipinski definition) is 5. The minimum Gasteiger partial charge on any atom is -0.448 e. The van der Waals surface area contributed by atoms with Crippen molar-refractivity contribution in [3.05, 3.63) is 33.2 Å². The van der Waals surface area contributed by atoms with Crippen LogP contribution in [-0.4, -0.2) is 20.1 Å². The standard InChI is InChI=1S/C11H14N2O3S2/c1-11(18,6-17)3-4-13-9(14)7-2-5-16-8(7)12-10(13)15/h2,5,17-18H,3-4,6H2,1H3,(H,12,15). The van der Waals surface area contributed by atoms with Crippen molar-refractivity contribution in [2.45, 2.75) is 24.6 Å². The van der Waals surface area contributed by atoms with E-state index in [9.17, 15) is 9.59 Å². The third-order valence-electron chi connectivity index (χ3n) is 2.82. The number of furan rings is 1. The first-order chi connectivity index (χ1) is 8.44. The number of nitrogens with one attached hydrogen (secondary N) is 1. The van der Waals surface area contributed by atoms with Crippen LogP contribution in [-0.2, 0) is 6.54 Å². The quantitative estimate of drug-likeness (QED) is 0.742.